The van der Waals surface area contributed by atoms with Crippen LogP contribution in [0.25, 0.3) is 21.8 Å². The summed E-state index contributed by atoms with van der Waals surface area (Å²) in [4.78, 5) is 7.28. The van der Waals surface area contributed by atoms with Gasteiger partial charge in [0.15, 0.2) is 0 Å². The molecule has 1 aliphatic rings. The minimum absolute atomic E-state index is 1.07. The summed E-state index contributed by atoms with van der Waals surface area (Å²) in [7, 11) is 0. The summed E-state index contributed by atoms with van der Waals surface area (Å²) in [5, 5.41) is 3.24. The average Bonchev–Trinajstić information content (AvgIpc) is 3.28. The number of rotatable bonds is 3. The van der Waals surface area contributed by atoms with Crippen molar-refractivity contribution >= 4 is 17.0 Å². The lowest BCUT2D eigenvalue weighted by molar-refractivity contribution is 0.949. The molecule has 1 aliphatic heterocycles. The summed E-state index contributed by atoms with van der Waals surface area (Å²) in [6, 6.07) is 19.2. The van der Waals surface area contributed by atoms with Crippen LogP contribution in [0.5, 0.6) is 0 Å². The number of benzene rings is 2. The Labute approximate surface area is 135 Å². The van der Waals surface area contributed by atoms with E-state index in [1.165, 1.54) is 42.7 Å². The van der Waals surface area contributed by atoms with Crippen LogP contribution < -0.4 is 4.90 Å². The van der Waals surface area contributed by atoms with Crippen molar-refractivity contribution in [2.45, 2.75) is 12.8 Å². The molecule has 1 saturated heterocycles. The molecule has 0 unspecified atom stereocenters. The summed E-state index contributed by atoms with van der Waals surface area (Å²) >= 11 is 1.71. The van der Waals surface area contributed by atoms with E-state index in [9.17, 15) is 0 Å². The number of aromatic nitrogens is 1. The van der Waals surface area contributed by atoms with E-state index in [0.29, 0.717) is 0 Å². The number of thiazole rings is 1. The topological polar surface area (TPSA) is 16.1 Å². The molecule has 0 atom stereocenters. The van der Waals surface area contributed by atoms with E-state index in [-0.39, 0.29) is 0 Å². The van der Waals surface area contributed by atoms with Crippen LogP contribution in [0.3, 0.4) is 0 Å². The third-order valence-corrected chi connectivity index (χ3v) is 5.03. The second-order valence-corrected chi connectivity index (χ2v) is 6.51. The highest BCUT2D eigenvalue weighted by atomic mass is 32.1. The first-order valence-corrected chi connectivity index (χ1v) is 8.64. The molecule has 1 aromatic heterocycles. The molecule has 110 valence electrons. The summed E-state index contributed by atoms with van der Waals surface area (Å²) in [5.41, 5.74) is 4.80. The quantitative estimate of drug-likeness (QED) is 0.671. The number of nitrogens with zero attached hydrogens (tertiary/aromatic N) is 2. The molecule has 4 rings (SSSR count). The van der Waals surface area contributed by atoms with Gasteiger partial charge in [0, 0.05) is 35.3 Å². The molecule has 2 nitrogen and oxygen atoms in total. The maximum absolute atomic E-state index is 4.82. The lowest BCUT2D eigenvalue weighted by Gasteiger charge is -2.17. The van der Waals surface area contributed by atoms with Crippen LogP contribution in [-0.2, 0) is 0 Å². The molecule has 3 aromatic rings. The lowest BCUT2D eigenvalue weighted by Crippen LogP contribution is -2.17. The Balaban J connectivity index is 1.65. The summed E-state index contributed by atoms with van der Waals surface area (Å²) in [6.07, 6.45) is 2.61. The van der Waals surface area contributed by atoms with Crippen LogP contribution >= 0.6 is 11.3 Å². The molecule has 0 spiro atoms. The first-order valence-electron chi connectivity index (χ1n) is 7.76. The van der Waals surface area contributed by atoms with E-state index < -0.39 is 0 Å². The zero-order chi connectivity index (χ0) is 14.8. The SMILES string of the molecule is c1ccc(-c2nc(-c3cccc(N4CCCC4)c3)cs2)cc1. The average molecular weight is 306 g/mol. The molecule has 0 aliphatic carbocycles. The van der Waals surface area contributed by atoms with Crippen molar-refractivity contribution in [3.05, 3.63) is 60.0 Å². The Bertz CT molecular complexity index is 758. The van der Waals surface area contributed by atoms with Gasteiger partial charge in [-0.25, -0.2) is 4.98 Å². The van der Waals surface area contributed by atoms with Gasteiger partial charge in [0.1, 0.15) is 5.01 Å². The van der Waals surface area contributed by atoms with E-state index in [2.05, 4.69) is 58.8 Å². The van der Waals surface area contributed by atoms with Crippen molar-refractivity contribution in [3.63, 3.8) is 0 Å². The van der Waals surface area contributed by atoms with Crippen LogP contribution in [0.1, 0.15) is 12.8 Å². The van der Waals surface area contributed by atoms with Gasteiger partial charge in [-0.3, -0.25) is 0 Å². The highest BCUT2D eigenvalue weighted by Gasteiger charge is 2.13. The Kier molecular flexibility index (Phi) is 3.65. The standard InChI is InChI=1S/C19H18N2S/c1-2-7-15(8-3-1)19-20-18(14-22-19)16-9-6-10-17(13-16)21-11-4-5-12-21/h1-3,6-10,13-14H,4-5,11-12H2. The van der Waals surface area contributed by atoms with Crippen LogP contribution in [0.4, 0.5) is 5.69 Å². The summed E-state index contributed by atoms with van der Waals surface area (Å²) in [6.45, 7) is 2.35. The maximum atomic E-state index is 4.82. The fourth-order valence-corrected chi connectivity index (χ4v) is 3.79. The predicted molar refractivity (Wildman–Crippen MR) is 94.4 cm³/mol. The van der Waals surface area contributed by atoms with Gasteiger partial charge in [-0.2, -0.15) is 0 Å². The molecule has 2 aromatic carbocycles. The Morgan fingerprint density at radius 2 is 1.64 bits per heavy atom. The summed E-state index contributed by atoms with van der Waals surface area (Å²) < 4.78 is 0. The maximum Gasteiger partial charge on any atom is 0.124 e. The van der Waals surface area contributed by atoms with Gasteiger partial charge < -0.3 is 4.90 Å². The molecular weight excluding hydrogens is 288 g/mol. The molecule has 2 heterocycles. The van der Waals surface area contributed by atoms with Crippen LogP contribution in [0.2, 0.25) is 0 Å². The van der Waals surface area contributed by atoms with Gasteiger partial charge in [-0.05, 0) is 25.0 Å². The third-order valence-electron chi connectivity index (χ3n) is 4.14. The van der Waals surface area contributed by atoms with Crippen LogP contribution in [0, 0.1) is 0 Å². The van der Waals surface area contributed by atoms with Gasteiger partial charge in [-0.1, -0.05) is 42.5 Å². The lowest BCUT2D eigenvalue weighted by atomic mass is 10.1. The summed E-state index contributed by atoms with van der Waals surface area (Å²) in [5.74, 6) is 0. The van der Waals surface area contributed by atoms with E-state index in [4.69, 9.17) is 4.98 Å². The molecular formula is C19H18N2S. The monoisotopic (exact) mass is 306 g/mol. The Morgan fingerprint density at radius 1 is 0.864 bits per heavy atom. The van der Waals surface area contributed by atoms with Crippen molar-refractivity contribution in [2.75, 3.05) is 18.0 Å². The molecule has 3 heteroatoms. The van der Waals surface area contributed by atoms with Gasteiger partial charge in [0.2, 0.25) is 0 Å². The highest BCUT2D eigenvalue weighted by Crippen LogP contribution is 2.31. The molecule has 0 bridgehead atoms. The fraction of sp³-hybridized carbons (Fsp3) is 0.211. The molecule has 0 saturated carbocycles. The largest absolute Gasteiger partial charge is 0.372 e. The first kappa shape index (κ1) is 13.5. The molecule has 22 heavy (non-hydrogen) atoms. The Morgan fingerprint density at radius 3 is 2.45 bits per heavy atom. The first-order chi connectivity index (χ1) is 10.9. The minimum Gasteiger partial charge on any atom is -0.372 e. The molecule has 1 fully saturated rings. The predicted octanol–water partition coefficient (Wildman–Crippen LogP) is 5.08. The van der Waals surface area contributed by atoms with Gasteiger partial charge >= 0.3 is 0 Å². The van der Waals surface area contributed by atoms with Crippen molar-refractivity contribution in [3.8, 4) is 21.8 Å². The van der Waals surface area contributed by atoms with E-state index >= 15 is 0 Å². The smallest absolute Gasteiger partial charge is 0.124 e. The fourth-order valence-electron chi connectivity index (χ4n) is 2.96. The second-order valence-electron chi connectivity index (χ2n) is 5.65. The van der Waals surface area contributed by atoms with Gasteiger partial charge in [0.05, 0.1) is 5.69 Å². The zero-order valence-electron chi connectivity index (χ0n) is 12.4. The highest BCUT2D eigenvalue weighted by molar-refractivity contribution is 7.13. The van der Waals surface area contributed by atoms with E-state index in [0.717, 1.165) is 10.7 Å². The second kappa shape index (κ2) is 5.93. The van der Waals surface area contributed by atoms with E-state index in [1.54, 1.807) is 11.3 Å². The van der Waals surface area contributed by atoms with Gasteiger partial charge in [-0.15, -0.1) is 11.3 Å². The normalized spacial score (nSPS) is 14.5. The van der Waals surface area contributed by atoms with Crippen molar-refractivity contribution in [1.82, 2.24) is 4.98 Å². The Hall–Kier alpha value is -2.13. The molecule has 0 N–H and O–H groups in total. The van der Waals surface area contributed by atoms with Crippen molar-refractivity contribution < 1.29 is 0 Å². The van der Waals surface area contributed by atoms with Gasteiger partial charge in [0.25, 0.3) is 0 Å². The molecule has 0 radical (unpaired) electrons. The number of hydrogen-bond donors (Lipinski definition) is 0. The minimum atomic E-state index is 1.07. The number of hydrogen-bond acceptors (Lipinski definition) is 3. The van der Waals surface area contributed by atoms with Crippen molar-refractivity contribution in [1.29, 1.82) is 0 Å². The molecule has 0 amide bonds. The van der Waals surface area contributed by atoms with E-state index in [1.807, 2.05) is 6.07 Å². The zero-order valence-corrected chi connectivity index (χ0v) is 13.2. The number of anilines is 1. The van der Waals surface area contributed by atoms with Crippen LogP contribution in [0.15, 0.2) is 60.0 Å². The van der Waals surface area contributed by atoms with Crippen LogP contribution in [-0.4, -0.2) is 18.1 Å². The third kappa shape index (κ3) is 2.64. The van der Waals surface area contributed by atoms with Crippen molar-refractivity contribution in [2.24, 2.45) is 0 Å².